The molecule has 0 saturated heterocycles. The lowest BCUT2D eigenvalue weighted by Crippen LogP contribution is -2.37. The smallest absolute Gasteiger partial charge is 0.347 e. The van der Waals surface area contributed by atoms with Crippen molar-refractivity contribution < 1.29 is 28.6 Å². The van der Waals surface area contributed by atoms with Crippen molar-refractivity contribution in [2.75, 3.05) is 20.3 Å². The zero-order valence-corrected chi connectivity index (χ0v) is 16.1. The Morgan fingerprint density at radius 3 is 2.36 bits per heavy atom. The molecule has 8 nitrogen and oxygen atoms in total. The quantitative estimate of drug-likeness (QED) is 0.222. The Morgan fingerprint density at radius 2 is 1.75 bits per heavy atom. The molecule has 0 aliphatic heterocycles. The van der Waals surface area contributed by atoms with E-state index in [-0.39, 0.29) is 25.2 Å². The number of para-hydroxylation sites is 1. The number of esters is 3. The number of benzene rings is 1. The molecule has 0 radical (unpaired) electrons. The van der Waals surface area contributed by atoms with E-state index in [4.69, 9.17) is 14.2 Å². The third-order valence-electron chi connectivity index (χ3n) is 4.00. The molecule has 1 aromatic carbocycles. The molecule has 0 aliphatic rings. The first-order valence-corrected chi connectivity index (χ1v) is 8.95. The summed E-state index contributed by atoms with van der Waals surface area (Å²) in [7, 11) is 1.27. The predicted octanol–water partition coefficient (Wildman–Crippen LogP) is 1.85. The second-order valence-corrected chi connectivity index (χ2v) is 5.80. The summed E-state index contributed by atoms with van der Waals surface area (Å²) in [6.45, 7) is 3.46. The Kier molecular flexibility index (Phi) is 7.62. The van der Waals surface area contributed by atoms with Crippen molar-refractivity contribution in [2.45, 2.75) is 26.3 Å². The van der Waals surface area contributed by atoms with Crippen molar-refractivity contribution in [3.8, 4) is 0 Å². The van der Waals surface area contributed by atoms with E-state index in [1.165, 1.54) is 7.11 Å². The number of ether oxygens (including phenoxy) is 3. The van der Waals surface area contributed by atoms with Crippen LogP contribution in [0.25, 0.3) is 10.9 Å². The maximum absolute atomic E-state index is 12.2. The number of fused-ring (bicyclic) bond motifs is 1. The van der Waals surface area contributed by atoms with Crippen molar-refractivity contribution in [1.29, 1.82) is 0 Å². The van der Waals surface area contributed by atoms with Gasteiger partial charge in [0.15, 0.2) is 5.57 Å². The van der Waals surface area contributed by atoms with Gasteiger partial charge in [-0.15, -0.1) is 0 Å². The summed E-state index contributed by atoms with van der Waals surface area (Å²) >= 11 is 0. The number of methoxy groups -OCH3 is 1. The fourth-order valence-corrected chi connectivity index (χ4v) is 2.68. The van der Waals surface area contributed by atoms with Gasteiger partial charge in [-0.1, -0.05) is 18.2 Å². The third kappa shape index (κ3) is 5.12. The molecular formula is C20H24N2O6. The topological polar surface area (TPSA) is 107 Å². The van der Waals surface area contributed by atoms with Crippen LogP contribution in [0.15, 0.2) is 42.2 Å². The van der Waals surface area contributed by atoms with Gasteiger partial charge in [0.2, 0.25) is 0 Å². The number of aromatic amines is 1. The Bertz CT molecular complexity index is 850. The molecule has 28 heavy (non-hydrogen) atoms. The van der Waals surface area contributed by atoms with Gasteiger partial charge in [-0.25, -0.2) is 14.4 Å². The molecule has 0 spiro atoms. The molecule has 0 saturated carbocycles. The van der Waals surface area contributed by atoms with Crippen molar-refractivity contribution >= 4 is 28.8 Å². The fraction of sp³-hybridized carbons (Fsp3) is 0.350. The SMILES string of the molecule is CCOC(=O)C(=CNC(Cc1c[nH]c2ccccc12)C(=O)OC)C(=O)OCC. The molecule has 150 valence electrons. The first kappa shape index (κ1) is 21.0. The molecule has 2 rings (SSSR count). The lowest BCUT2D eigenvalue weighted by Gasteiger charge is -2.16. The minimum atomic E-state index is -0.829. The lowest BCUT2D eigenvalue weighted by atomic mass is 10.0. The van der Waals surface area contributed by atoms with E-state index in [0.29, 0.717) is 0 Å². The van der Waals surface area contributed by atoms with Gasteiger partial charge in [0, 0.05) is 29.7 Å². The summed E-state index contributed by atoms with van der Waals surface area (Å²) in [4.78, 5) is 39.5. The van der Waals surface area contributed by atoms with Crippen LogP contribution >= 0.6 is 0 Å². The van der Waals surface area contributed by atoms with Crippen LogP contribution in [0, 0.1) is 0 Å². The molecular weight excluding hydrogens is 364 g/mol. The average Bonchev–Trinajstić information content (AvgIpc) is 3.10. The molecule has 0 amide bonds. The largest absolute Gasteiger partial charge is 0.467 e. The molecule has 2 N–H and O–H groups in total. The monoisotopic (exact) mass is 388 g/mol. The van der Waals surface area contributed by atoms with Crippen LogP contribution in [0.2, 0.25) is 0 Å². The Labute approximate surface area is 162 Å². The van der Waals surface area contributed by atoms with Gasteiger partial charge >= 0.3 is 17.9 Å². The Balaban J connectivity index is 2.26. The minimum absolute atomic E-state index is 0.103. The number of carbonyl (C=O) groups is 3. The van der Waals surface area contributed by atoms with Crippen LogP contribution in [-0.2, 0) is 35.0 Å². The second kappa shape index (κ2) is 10.1. The third-order valence-corrected chi connectivity index (χ3v) is 4.00. The van der Waals surface area contributed by atoms with E-state index in [1.54, 1.807) is 13.8 Å². The van der Waals surface area contributed by atoms with Gasteiger partial charge in [0.1, 0.15) is 6.04 Å². The van der Waals surface area contributed by atoms with Crippen LogP contribution in [0.4, 0.5) is 0 Å². The molecule has 0 fully saturated rings. The Hall–Kier alpha value is -3.29. The van der Waals surface area contributed by atoms with Crippen molar-refractivity contribution in [2.24, 2.45) is 0 Å². The molecule has 2 aromatic rings. The zero-order chi connectivity index (χ0) is 20.5. The number of hydrogen-bond donors (Lipinski definition) is 2. The minimum Gasteiger partial charge on any atom is -0.467 e. The highest BCUT2D eigenvalue weighted by Gasteiger charge is 2.24. The van der Waals surface area contributed by atoms with Crippen molar-refractivity contribution in [3.63, 3.8) is 0 Å². The van der Waals surface area contributed by atoms with Crippen LogP contribution < -0.4 is 5.32 Å². The summed E-state index contributed by atoms with van der Waals surface area (Å²) in [5.41, 5.74) is 1.51. The molecule has 8 heteroatoms. The number of aromatic nitrogens is 1. The number of carbonyl (C=O) groups excluding carboxylic acids is 3. The summed E-state index contributed by atoms with van der Waals surface area (Å²) < 4.78 is 14.6. The summed E-state index contributed by atoms with van der Waals surface area (Å²) in [5.74, 6) is -2.19. The average molecular weight is 388 g/mol. The number of hydrogen-bond acceptors (Lipinski definition) is 7. The first-order valence-electron chi connectivity index (χ1n) is 8.95. The van der Waals surface area contributed by atoms with Crippen LogP contribution in [0.1, 0.15) is 19.4 Å². The van der Waals surface area contributed by atoms with Crippen molar-refractivity contribution in [1.82, 2.24) is 10.3 Å². The lowest BCUT2D eigenvalue weighted by molar-refractivity contribution is -0.147. The standard InChI is InChI=1S/C20H24N2O6/c1-4-27-18(23)15(19(24)28-5-2)12-22-17(20(25)26-3)10-13-11-21-16-9-7-6-8-14(13)16/h6-9,11-12,17,21-22H,4-5,10H2,1-3H3. The van der Waals surface area contributed by atoms with E-state index >= 15 is 0 Å². The van der Waals surface area contributed by atoms with Gasteiger partial charge in [-0.2, -0.15) is 0 Å². The van der Waals surface area contributed by atoms with Crippen LogP contribution in [-0.4, -0.2) is 49.3 Å². The first-order chi connectivity index (χ1) is 13.5. The van der Waals surface area contributed by atoms with Crippen LogP contribution in [0.5, 0.6) is 0 Å². The number of nitrogens with one attached hydrogen (secondary N) is 2. The normalized spacial score (nSPS) is 11.4. The van der Waals surface area contributed by atoms with Gasteiger partial charge in [-0.3, -0.25) is 0 Å². The molecule has 0 bridgehead atoms. The number of H-pyrrole nitrogens is 1. The maximum Gasteiger partial charge on any atom is 0.347 e. The summed E-state index contributed by atoms with van der Waals surface area (Å²) in [6, 6.07) is 6.86. The van der Waals surface area contributed by atoms with Gasteiger partial charge in [0.05, 0.1) is 20.3 Å². The summed E-state index contributed by atoms with van der Waals surface area (Å²) in [6.07, 6.45) is 3.24. The maximum atomic E-state index is 12.2. The highest BCUT2D eigenvalue weighted by atomic mass is 16.6. The van der Waals surface area contributed by atoms with Crippen molar-refractivity contribution in [3.05, 3.63) is 47.8 Å². The highest BCUT2D eigenvalue weighted by Crippen LogP contribution is 2.19. The second-order valence-electron chi connectivity index (χ2n) is 5.80. The van der Waals surface area contributed by atoms with Crippen LogP contribution in [0.3, 0.4) is 0 Å². The molecule has 1 aromatic heterocycles. The van der Waals surface area contributed by atoms with E-state index < -0.39 is 23.9 Å². The Morgan fingerprint density at radius 1 is 1.11 bits per heavy atom. The predicted molar refractivity (Wildman–Crippen MR) is 102 cm³/mol. The fourth-order valence-electron chi connectivity index (χ4n) is 2.68. The summed E-state index contributed by atoms with van der Waals surface area (Å²) in [5, 5.41) is 3.77. The molecule has 1 unspecified atom stereocenters. The van der Waals surface area contributed by atoms with E-state index in [2.05, 4.69) is 10.3 Å². The van der Waals surface area contributed by atoms with E-state index in [9.17, 15) is 14.4 Å². The van der Waals surface area contributed by atoms with Gasteiger partial charge < -0.3 is 24.5 Å². The van der Waals surface area contributed by atoms with Gasteiger partial charge in [-0.05, 0) is 25.5 Å². The van der Waals surface area contributed by atoms with E-state index in [1.807, 2.05) is 30.5 Å². The number of rotatable bonds is 9. The molecule has 1 heterocycles. The van der Waals surface area contributed by atoms with Gasteiger partial charge in [0.25, 0.3) is 0 Å². The van der Waals surface area contributed by atoms with E-state index in [0.717, 1.165) is 22.7 Å². The highest BCUT2D eigenvalue weighted by molar-refractivity contribution is 6.14. The zero-order valence-electron chi connectivity index (χ0n) is 16.1. The molecule has 1 atom stereocenters. The molecule has 0 aliphatic carbocycles.